The molecule has 0 spiro atoms. The lowest BCUT2D eigenvalue weighted by Gasteiger charge is -2.21. The maximum Gasteiger partial charge on any atom is 0.0991 e. The van der Waals surface area contributed by atoms with E-state index in [1.807, 2.05) is 17.1 Å². The first-order valence-electron chi connectivity index (χ1n) is 7.09. The smallest absolute Gasteiger partial charge is 0.0991 e. The summed E-state index contributed by atoms with van der Waals surface area (Å²) in [5.74, 6) is 0. The van der Waals surface area contributed by atoms with Crippen molar-refractivity contribution in [1.29, 1.82) is 0 Å². The molecular weight excluding hydrogens is 234 g/mol. The summed E-state index contributed by atoms with van der Waals surface area (Å²) in [6, 6.07) is 9.65. The number of nitrogens with zero attached hydrogens (tertiary/aromatic N) is 2. The van der Waals surface area contributed by atoms with Crippen LogP contribution in [0.1, 0.15) is 45.2 Å². The van der Waals surface area contributed by atoms with Crippen molar-refractivity contribution in [3.63, 3.8) is 0 Å². The van der Waals surface area contributed by atoms with Gasteiger partial charge >= 0.3 is 0 Å². The lowest BCUT2D eigenvalue weighted by Crippen LogP contribution is -2.30. The molecule has 1 aromatic carbocycles. The van der Waals surface area contributed by atoms with Crippen molar-refractivity contribution in [1.82, 2.24) is 14.9 Å². The third kappa shape index (κ3) is 3.44. The quantitative estimate of drug-likeness (QED) is 0.855. The lowest BCUT2D eigenvalue weighted by molar-refractivity contribution is 0.432. The highest BCUT2D eigenvalue weighted by Gasteiger charge is 2.10. The Kier molecular flexibility index (Phi) is 4.74. The molecule has 2 aromatic rings. The molecule has 0 fully saturated rings. The molecule has 0 saturated heterocycles. The molecule has 0 aliphatic carbocycles. The van der Waals surface area contributed by atoms with Gasteiger partial charge < -0.3 is 9.88 Å². The average molecular weight is 257 g/mol. The molecule has 1 N–H and O–H groups in total. The van der Waals surface area contributed by atoms with Gasteiger partial charge in [-0.3, -0.25) is 0 Å². The van der Waals surface area contributed by atoms with Gasteiger partial charge in [-0.2, -0.15) is 0 Å². The summed E-state index contributed by atoms with van der Waals surface area (Å²) >= 11 is 0. The zero-order valence-corrected chi connectivity index (χ0v) is 12.0. The zero-order chi connectivity index (χ0) is 13.7. The highest BCUT2D eigenvalue weighted by atomic mass is 15.0. The van der Waals surface area contributed by atoms with Gasteiger partial charge in [-0.25, -0.2) is 4.98 Å². The summed E-state index contributed by atoms with van der Waals surface area (Å²) in [6.07, 6.45) is 7.93. The van der Waals surface area contributed by atoms with Crippen LogP contribution in [0.15, 0.2) is 43.0 Å². The number of nitrogens with one attached hydrogen (secondary N) is 1. The van der Waals surface area contributed by atoms with Crippen LogP contribution in [0.3, 0.4) is 0 Å². The Hall–Kier alpha value is -1.61. The topological polar surface area (TPSA) is 29.9 Å². The average Bonchev–Trinajstić information content (AvgIpc) is 2.99. The van der Waals surface area contributed by atoms with E-state index in [4.69, 9.17) is 0 Å². The van der Waals surface area contributed by atoms with E-state index in [9.17, 15) is 0 Å². The number of imidazole rings is 1. The molecule has 1 atom stereocenters. The van der Waals surface area contributed by atoms with E-state index in [0.717, 1.165) is 5.69 Å². The standard InChI is InChI=1S/C16H23N3/c1-4-15(5-2)18-13(3)14-6-8-16(9-7-14)19-11-10-17-12-19/h6-13,15,18H,4-5H2,1-3H3. The molecule has 0 radical (unpaired) electrons. The largest absolute Gasteiger partial charge is 0.307 e. The Morgan fingerprint density at radius 3 is 2.37 bits per heavy atom. The van der Waals surface area contributed by atoms with Crippen molar-refractivity contribution in [3.05, 3.63) is 48.5 Å². The van der Waals surface area contributed by atoms with Gasteiger partial charge in [0, 0.05) is 30.2 Å². The number of aromatic nitrogens is 2. The summed E-state index contributed by atoms with van der Waals surface area (Å²) in [4.78, 5) is 4.07. The fraction of sp³-hybridized carbons (Fsp3) is 0.438. The normalized spacial score (nSPS) is 12.8. The minimum Gasteiger partial charge on any atom is -0.307 e. The van der Waals surface area contributed by atoms with Crippen LogP contribution < -0.4 is 5.32 Å². The second-order valence-corrected chi connectivity index (χ2v) is 4.96. The van der Waals surface area contributed by atoms with Crippen LogP contribution in [-0.4, -0.2) is 15.6 Å². The van der Waals surface area contributed by atoms with Crippen molar-refractivity contribution in [2.75, 3.05) is 0 Å². The third-order valence-corrected chi connectivity index (χ3v) is 3.67. The molecule has 0 aliphatic heterocycles. The Morgan fingerprint density at radius 1 is 1.16 bits per heavy atom. The van der Waals surface area contributed by atoms with Gasteiger partial charge in [0.25, 0.3) is 0 Å². The van der Waals surface area contributed by atoms with Crippen molar-refractivity contribution < 1.29 is 0 Å². The van der Waals surface area contributed by atoms with E-state index in [2.05, 4.69) is 55.3 Å². The van der Waals surface area contributed by atoms with E-state index < -0.39 is 0 Å². The summed E-state index contributed by atoms with van der Waals surface area (Å²) in [6.45, 7) is 6.69. The molecule has 3 nitrogen and oxygen atoms in total. The van der Waals surface area contributed by atoms with Crippen molar-refractivity contribution >= 4 is 0 Å². The van der Waals surface area contributed by atoms with Crippen LogP contribution in [-0.2, 0) is 0 Å². The fourth-order valence-electron chi connectivity index (χ4n) is 2.32. The monoisotopic (exact) mass is 257 g/mol. The van der Waals surface area contributed by atoms with E-state index in [-0.39, 0.29) is 0 Å². The van der Waals surface area contributed by atoms with Gasteiger partial charge in [-0.1, -0.05) is 26.0 Å². The van der Waals surface area contributed by atoms with Gasteiger partial charge in [0.2, 0.25) is 0 Å². The summed E-state index contributed by atoms with van der Waals surface area (Å²) in [5.41, 5.74) is 2.48. The molecule has 2 rings (SSSR count). The van der Waals surface area contributed by atoms with Gasteiger partial charge in [-0.05, 0) is 37.5 Å². The van der Waals surface area contributed by atoms with E-state index in [1.54, 1.807) is 6.20 Å². The van der Waals surface area contributed by atoms with Crippen LogP contribution in [0.5, 0.6) is 0 Å². The first kappa shape index (κ1) is 13.8. The van der Waals surface area contributed by atoms with Crippen LogP contribution in [0.25, 0.3) is 5.69 Å². The fourth-order valence-corrected chi connectivity index (χ4v) is 2.32. The van der Waals surface area contributed by atoms with Crippen LogP contribution in [0.4, 0.5) is 0 Å². The molecule has 0 aliphatic rings. The van der Waals surface area contributed by atoms with Crippen LogP contribution in [0, 0.1) is 0 Å². The first-order chi connectivity index (χ1) is 9.24. The van der Waals surface area contributed by atoms with E-state index in [0.29, 0.717) is 12.1 Å². The Labute approximate surface area is 115 Å². The van der Waals surface area contributed by atoms with E-state index >= 15 is 0 Å². The van der Waals surface area contributed by atoms with Crippen LogP contribution >= 0.6 is 0 Å². The van der Waals surface area contributed by atoms with Gasteiger partial charge in [0.1, 0.15) is 0 Å². The second-order valence-electron chi connectivity index (χ2n) is 4.96. The molecule has 19 heavy (non-hydrogen) atoms. The number of rotatable bonds is 6. The number of hydrogen-bond donors (Lipinski definition) is 1. The maximum atomic E-state index is 4.07. The summed E-state index contributed by atoms with van der Waals surface area (Å²) in [5, 5.41) is 3.67. The molecule has 102 valence electrons. The van der Waals surface area contributed by atoms with Gasteiger partial charge in [0.15, 0.2) is 0 Å². The minimum atomic E-state index is 0.390. The molecular formula is C16H23N3. The molecule has 3 heteroatoms. The minimum absolute atomic E-state index is 0.390. The predicted octanol–water partition coefficient (Wildman–Crippen LogP) is 3.71. The number of benzene rings is 1. The number of hydrogen-bond acceptors (Lipinski definition) is 2. The maximum absolute atomic E-state index is 4.07. The molecule has 1 heterocycles. The van der Waals surface area contributed by atoms with Gasteiger partial charge in [-0.15, -0.1) is 0 Å². The van der Waals surface area contributed by atoms with Crippen LogP contribution in [0.2, 0.25) is 0 Å². The highest BCUT2D eigenvalue weighted by molar-refractivity contribution is 5.35. The summed E-state index contributed by atoms with van der Waals surface area (Å²) < 4.78 is 2.02. The first-order valence-corrected chi connectivity index (χ1v) is 7.09. The lowest BCUT2D eigenvalue weighted by atomic mass is 10.1. The molecule has 1 unspecified atom stereocenters. The predicted molar refractivity (Wildman–Crippen MR) is 79.5 cm³/mol. The summed E-state index contributed by atoms with van der Waals surface area (Å²) in [7, 11) is 0. The van der Waals surface area contributed by atoms with Crippen molar-refractivity contribution in [2.24, 2.45) is 0 Å². The van der Waals surface area contributed by atoms with Crippen molar-refractivity contribution in [2.45, 2.75) is 45.7 Å². The Bertz CT molecular complexity index is 469. The second kappa shape index (κ2) is 6.53. The molecule has 1 aromatic heterocycles. The molecule has 0 amide bonds. The third-order valence-electron chi connectivity index (χ3n) is 3.67. The molecule has 0 bridgehead atoms. The van der Waals surface area contributed by atoms with Gasteiger partial charge in [0.05, 0.1) is 6.33 Å². The Balaban J connectivity index is 2.05. The van der Waals surface area contributed by atoms with Crippen molar-refractivity contribution in [3.8, 4) is 5.69 Å². The SMILES string of the molecule is CCC(CC)NC(C)c1ccc(-n2ccnc2)cc1. The van der Waals surface area contributed by atoms with E-state index in [1.165, 1.54) is 18.4 Å². The zero-order valence-electron chi connectivity index (χ0n) is 12.0. The Morgan fingerprint density at radius 2 is 1.84 bits per heavy atom. The molecule has 0 saturated carbocycles. The highest BCUT2D eigenvalue weighted by Crippen LogP contribution is 2.17.